The summed E-state index contributed by atoms with van der Waals surface area (Å²) in [5, 5.41) is 12.8. The first-order valence-electron chi connectivity index (χ1n) is 8.30. The van der Waals surface area contributed by atoms with Crippen molar-refractivity contribution < 1.29 is 5.11 Å². The number of aryl methyl sites for hydroxylation is 1. The van der Waals surface area contributed by atoms with E-state index in [0.29, 0.717) is 11.5 Å². The number of hydrogen-bond donors (Lipinski definition) is 2. The first-order valence-corrected chi connectivity index (χ1v) is 8.30. The third-order valence-corrected chi connectivity index (χ3v) is 4.31. The first-order chi connectivity index (χ1) is 11.8. The Morgan fingerprint density at radius 2 is 1.84 bits per heavy atom. The summed E-state index contributed by atoms with van der Waals surface area (Å²) < 4.78 is 1.47. The second-order valence-electron chi connectivity index (χ2n) is 7.24. The van der Waals surface area contributed by atoms with Gasteiger partial charge in [0, 0.05) is 11.9 Å². The molecule has 0 spiro atoms. The average Bonchev–Trinajstić information content (AvgIpc) is 2.56. The van der Waals surface area contributed by atoms with Crippen LogP contribution in [0.25, 0.3) is 5.65 Å². The molecule has 0 aliphatic heterocycles. The van der Waals surface area contributed by atoms with Crippen LogP contribution < -0.4 is 10.9 Å². The van der Waals surface area contributed by atoms with Gasteiger partial charge >= 0.3 is 0 Å². The van der Waals surface area contributed by atoms with Gasteiger partial charge in [0.1, 0.15) is 11.5 Å². The molecule has 0 atom stereocenters. The first kappa shape index (κ1) is 17.2. The van der Waals surface area contributed by atoms with Gasteiger partial charge in [-0.3, -0.25) is 9.20 Å². The molecule has 2 heterocycles. The van der Waals surface area contributed by atoms with Crippen molar-refractivity contribution in [2.24, 2.45) is 0 Å². The molecule has 0 saturated carbocycles. The van der Waals surface area contributed by atoms with E-state index in [9.17, 15) is 9.90 Å². The Labute approximate surface area is 147 Å². The van der Waals surface area contributed by atoms with E-state index in [1.165, 1.54) is 9.96 Å². The third-order valence-electron chi connectivity index (χ3n) is 4.31. The van der Waals surface area contributed by atoms with Gasteiger partial charge in [0.25, 0.3) is 5.56 Å². The summed E-state index contributed by atoms with van der Waals surface area (Å²) in [5.41, 5.74) is 3.60. The molecule has 25 heavy (non-hydrogen) atoms. The number of nitrogens with one attached hydrogen (secondary N) is 1. The zero-order chi connectivity index (χ0) is 18.2. The molecular formula is C20H23N3O2. The van der Waals surface area contributed by atoms with Crippen LogP contribution in [0.2, 0.25) is 0 Å². The van der Waals surface area contributed by atoms with Crippen molar-refractivity contribution in [3.8, 4) is 0 Å². The fourth-order valence-electron chi connectivity index (χ4n) is 2.77. The normalized spacial score (nSPS) is 11.7. The molecule has 0 aliphatic carbocycles. The number of fused-ring (bicyclic) bond motifs is 1. The number of nitrogens with zero attached hydrogens (tertiary/aromatic N) is 2. The Morgan fingerprint density at radius 1 is 1.16 bits per heavy atom. The van der Waals surface area contributed by atoms with Crippen LogP contribution in [-0.2, 0) is 12.0 Å². The highest BCUT2D eigenvalue weighted by atomic mass is 16.3. The minimum atomic E-state index is -0.370. The minimum absolute atomic E-state index is 0.0753. The molecule has 0 saturated heterocycles. The van der Waals surface area contributed by atoms with Crippen LogP contribution in [0.1, 0.15) is 37.5 Å². The minimum Gasteiger partial charge on any atom is -0.391 e. The van der Waals surface area contributed by atoms with Crippen molar-refractivity contribution in [2.75, 3.05) is 5.32 Å². The highest BCUT2D eigenvalue weighted by Gasteiger charge is 2.15. The Hall–Kier alpha value is -2.66. The molecule has 2 N–H and O–H groups in total. The maximum atomic E-state index is 12.6. The van der Waals surface area contributed by atoms with Gasteiger partial charge in [0.15, 0.2) is 0 Å². The zero-order valence-corrected chi connectivity index (χ0v) is 15.0. The van der Waals surface area contributed by atoms with E-state index in [1.807, 2.05) is 25.1 Å². The topological polar surface area (TPSA) is 66.6 Å². The molecule has 1 aromatic carbocycles. The van der Waals surface area contributed by atoms with Crippen LogP contribution in [0.4, 0.5) is 11.5 Å². The average molecular weight is 337 g/mol. The van der Waals surface area contributed by atoms with Gasteiger partial charge in [-0.25, -0.2) is 4.98 Å². The van der Waals surface area contributed by atoms with E-state index < -0.39 is 0 Å². The summed E-state index contributed by atoms with van der Waals surface area (Å²) in [5.74, 6) is 0.394. The molecule has 0 amide bonds. The van der Waals surface area contributed by atoms with Crippen molar-refractivity contribution in [1.29, 1.82) is 0 Å². The van der Waals surface area contributed by atoms with E-state index in [-0.39, 0.29) is 23.1 Å². The molecule has 5 nitrogen and oxygen atoms in total. The Balaban J connectivity index is 2.06. The van der Waals surface area contributed by atoms with Crippen molar-refractivity contribution in [3.05, 3.63) is 69.6 Å². The SMILES string of the molecule is Cc1cccn2c(=O)c(CO)c(Nc3ccc(C(C)(C)C)cc3)nc12. The number of aliphatic hydroxyl groups is 1. The molecule has 130 valence electrons. The molecule has 2 aromatic heterocycles. The molecule has 3 aromatic rings. The fourth-order valence-corrected chi connectivity index (χ4v) is 2.77. The highest BCUT2D eigenvalue weighted by molar-refractivity contribution is 5.63. The summed E-state index contributed by atoms with van der Waals surface area (Å²) in [7, 11) is 0. The Bertz CT molecular complexity index is 967. The van der Waals surface area contributed by atoms with Gasteiger partial charge in [0.05, 0.1) is 12.2 Å². The van der Waals surface area contributed by atoms with Gasteiger partial charge < -0.3 is 10.4 Å². The number of pyridine rings is 1. The van der Waals surface area contributed by atoms with Crippen LogP contribution in [0.15, 0.2) is 47.4 Å². The van der Waals surface area contributed by atoms with E-state index >= 15 is 0 Å². The van der Waals surface area contributed by atoms with Gasteiger partial charge in [-0.05, 0) is 41.7 Å². The van der Waals surface area contributed by atoms with E-state index in [2.05, 4.69) is 43.2 Å². The number of benzene rings is 1. The second-order valence-corrected chi connectivity index (χ2v) is 7.24. The van der Waals surface area contributed by atoms with E-state index in [4.69, 9.17) is 0 Å². The summed E-state index contributed by atoms with van der Waals surface area (Å²) >= 11 is 0. The number of hydrogen-bond acceptors (Lipinski definition) is 4. The Kier molecular flexibility index (Phi) is 4.35. The second kappa shape index (κ2) is 6.33. The molecular weight excluding hydrogens is 314 g/mol. The zero-order valence-electron chi connectivity index (χ0n) is 15.0. The van der Waals surface area contributed by atoms with E-state index in [1.54, 1.807) is 12.3 Å². The van der Waals surface area contributed by atoms with Gasteiger partial charge in [-0.1, -0.05) is 39.0 Å². The summed E-state index contributed by atoms with van der Waals surface area (Å²) in [6.45, 7) is 8.02. The largest absolute Gasteiger partial charge is 0.391 e. The van der Waals surface area contributed by atoms with Crippen molar-refractivity contribution in [1.82, 2.24) is 9.38 Å². The van der Waals surface area contributed by atoms with Crippen LogP contribution in [-0.4, -0.2) is 14.5 Å². The number of anilines is 2. The predicted octanol–water partition coefficient (Wildman–Crippen LogP) is 3.54. The lowest BCUT2D eigenvalue weighted by Gasteiger charge is -2.19. The van der Waals surface area contributed by atoms with E-state index in [0.717, 1.165) is 11.3 Å². The molecule has 0 aliphatic rings. The number of aromatic nitrogens is 2. The summed E-state index contributed by atoms with van der Waals surface area (Å²) in [6.07, 6.45) is 1.67. The van der Waals surface area contributed by atoms with Gasteiger partial charge in [-0.2, -0.15) is 0 Å². The van der Waals surface area contributed by atoms with Crippen molar-refractivity contribution >= 4 is 17.2 Å². The van der Waals surface area contributed by atoms with Crippen molar-refractivity contribution in [2.45, 2.75) is 39.7 Å². The molecule has 0 radical (unpaired) electrons. The van der Waals surface area contributed by atoms with Crippen LogP contribution in [0.5, 0.6) is 0 Å². The number of aliphatic hydroxyl groups excluding tert-OH is 1. The summed E-state index contributed by atoms with van der Waals surface area (Å²) in [4.78, 5) is 17.2. The van der Waals surface area contributed by atoms with Gasteiger partial charge in [-0.15, -0.1) is 0 Å². The lowest BCUT2D eigenvalue weighted by atomic mass is 9.87. The highest BCUT2D eigenvalue weighted by Crippen LogP contribution is 2.25. The van der Waals surface area contributed by atoms with Crippen LogP contribution >= 0.6 is 0 Å². The smallest absolute Gasteiger partial charge is 0.265 e. The van der Waals surface area contributed by atoms with Gasteiger partial charge in [0.2, 0.25) is 0 Å². The quantitative estimate of drug-likeness (QED) is 0.767. The van der Waals surface area contributed by atoms with Crippen LogP contribution in [0.3, 0.4) is 0 Å². The lowest BCUT2D eigenvalue weighted by Crippen LogP contribution is -2.22. The van der Waals surface area contributed by atoms with Crippen LogP contribution in [0, 0.1) is 6.92 Å². The molecule has 5 heteroatoms. The predicted molar refractivity (Wildman–Crippen MR) is 101 cm³/mol. The Morgan fingerprint density at radius 3 is 2.44 bits per heavy atom. The lowest BCUT2D eigenvalue weighted by molar-refractivity contribution is 0.280. The molecule has 3 rings (SSSR count). The van der Waals surface area contributed by atoms with Crippen molar-refractivity contribution in [3.63, 3.8) is 0 Å². The maximum Gasteiger partial charge on any atom is 0.265 e. The summed E-state index contributed by atoms with van der Waals surface area (Å²) in [6, 6.07) is 11.7. The molecule has 0 bridgehead atoms. The number of rotatable bonds is 3. The fraction of sp³-hybridized carbons (Fsp3) is 0.300. The molecule has 0 fully saturated rings. The third kappa shape index (κ3) is 3.28. The monoisotopic (exact) mass is 337 g/mol. The standard InChI is InChI=1S/C20H23N3O2/c1-13-6-5-11-23-18(13)22-17(16(12-24)19(23)25)21-15-9-7-14(8-10-15)20(2,3)4/h5-11,21,24H,12H2,1-4H3. The molecule has 0 unspecified atom stereocenters. The maximum absolute atomic E-state index is 12.6.